The number of hydrogen-bond donors (Lipinski definition) is 2. The number of nitrogens with zero attached hydrogens (tertiary/aromatic N) is 2. The molecule has 3 rings (SSSR count). The second-order valence-electron chi connectivity index (χ2n) is 6.62. The number of amides is 2. The highest BCUT2D eigenvalue weighted by atomic mass is 35.5. The molecule has 0 aliphatic carbocycles. The summed E-state index contributed by atoms with van der Waals surface area (Å²) in [6.45, 7) is 3.72. The summed E-state index contributed by atoms with van der Waals surface area (Å²) in [5.41, 5.74) is 5.30. The van der Waals surface area contributed by atoms with Crippen LogP contribution in [0.5, 0.6) is 0 Å². The van der Waals surface area contributed by atoms with Gasteiger partial charge in [-0.05, 0) is 56.3 Å². The molecule has 0 aliphatic heterocycles. The zero-order valence-electron chi connectivity index (χ0n) is 16.1. The number of rotatable bonds is 5. The van der Waals surface area contributed by atoms with Crippen LogP contribution < -0.4 is 16.4 Å². The van der Waals surface area contributed by atoms with Gasteiger partial charge in [-0.1, -0.05) is 35.0 Å². The van der Waals surface area contributed by atoms with Gasteiger partial charge in [-0.25, -0.2) is 4.98 Å². The number of carbonyl (C=O) groups is 2. The summed E-state index contributed by atoms with van der Waals surface area (Å²) in [6.07, 6.45) is 0. The van der Waals surface area contributed by atoms with Gasteiger partial charge in [0.25, 0.3) is 11.5 Å². The normalized spacial score (nSPS) is 11.0. The molecule has 1 heterocycles. The molecule has 0 spiro atoms. The van der Waals surface area contributed by atoms with E-state index in [1.165, 1.54) is 4.57 Å². The fraction of sp³-hybridized carbons (Fsp3) is 0.200. The first-order chi connectivity index (χ1) is 14.3. The molecule has 156 valence electrons. The van der Waals surface area contributed by atoms with Gasteiger partial charge in [-0.15, -0.1) is 0 Å². The zero-order chi connectivity index (χ0) is 21.8. The van der Waals surface area contributed by atoms with E-state index in [0.717, 1.165) is 11.8 Å². The molecule has 30 heavy (non-hydrogen) atoms. The van der Waals surface area contributed by atoms with Gasteiger partial charge in [0, 0.05) is 21.7 Å². The van der Waals surface area contributed by atoms with Crippen molar-refractivity contribution >= 4 is 57.7 Å². The van der Waals surface area contributed by atoms with Crippen LogP contribution in [-0.4, -0.2) is 27.1 Å². The van der Waals surface area contributed by atoms with Crippen LogP contribution >= 0.6 is 35.0 Å². The number of fused-ring (bicyclic) bond motifs is 1. The van der Waals surface area contributed by atoms with Gasteiger partial charge in [0.05, 0.1) is 16.7 Å². The van der Waals surface area contributed by atoms with E-state index in [1.54, 1.807) is 42.5 Å². The van der Waals surface area contributed by atoms with Gasteiger partial charge < -0.3 is 0 Å². The summed E-state index contributed by atoms with van der Waals surface area (Å²) < 4.78 is 1.53. The Morgan fingerprint density at radius 2 is 1.73 bits per heavy atom. The minimum atomic E-state index is -0.470. The third-order valence-corrected chi connectivity index (χ3v) is 5.54. The standard InChI is InChI=1S/C20H18Cl2N4O3S/c1-11(2)26-19(29)15-8-7-14(22)9-16(15)23-20(26)30-10-17(27)24-25-18(28)12-3-5-13(21)6-4-12/h3-9,11H,10H2,1-2H3,(H,24,27)(H,25,28). The average Bonchev–Trinajstić information content (AvgIpc) is 2.70. The maximum atomic E-state index is 12.8. The molecule has 2 aromatic carbocycles. The summed E-state index contributed by atoms with van der Waals surface area (Å²) in [7, 11) is 0. The lowest BCUT2D eigenvalue weighted by Crippen LogP contribution is -2.42. The van der Waals surface area contributed by atoms with Crippen LogP contribution in [0.15, 0.2) is 52.4 Å². The summed E-state index contributed by atoms with van der Waals surface area (Å²) in [5.74, 6) is -0.966. The van der Waals surface area contributed by atoms with Crippen molar-refractivity contribution in [3.05, 3.63) is 68.4 Å². The molecular weight excluding hydrogens is 447 g/mol. The van der Waals surface area contributed by atoms with Crippen LogP contribution in [0.25, 0.3) is 10.9 Å². The zero-order valence-corrected chi connectivity index (χ0v) is 18.4. The van der Waals surface area contributed by atoms with E-state index in [-0.39, 0.29) is 17.4 Å². The van der Waals surface area contributed by atoms with E-state index in [0.29, 0.717) is 31.7 Å². The summed E-state index contributed by atoms with van der Waals surface area (Å²) in [4.78, 5) is 41.6. The van der Waals surface area contributed by atoms with Crippen LogP contribution in [0.1, 0.15) is 30.2 Å². The highest BCUT2D eigenvalue weighted by molar-refractivity contribution is 7.99. The number of nitrogens with one attached hydrogen (secondary N) is 2. The molecule has 0 saturated heterocycles. The van der Waals surface area contributed by atoms with Gasteiger partial charge in [0.2, 0.25) is 5.91 Å². The number of halogens is 2. The van der Waals surface area contributed by atoms with Gasteiger partial charge in [-0.2, -0.15) is 0 Å². The fourth-order valence-corrected chi connectivity index (χ4v) is 3.90. The Morgan fingerprint density at radius 1 is 1.07 bits per heavy atom. The van der Waals surface area contributed by atoms with Crippen molar-refractivity contribution in [3.8, 4) is 0 Å². The topological polar surface area (TPSA) is 93.1 Å². The third-order valence-electron chi connectivity index (χ3n) is 4.10. The van der Waals surface area contributed by atoms with E-state index < -0.39 is 11.8 Å². The van der Waals surface area contributed by atoms with Crippen molar-refractivity contribution in [1.29, 1.82) is 0 Å². The first kappa shape index (κ1) is 22.1. The third kappa shape index (κ3) is 5.13. The second-order valence-corrected chi connectivity index (χ2v) is 8.44. The molecule has 10 heteroatoms. The molecule has 0 fully saturated rings. The smallest absolute Gasteiger partial charge is 0.269 e. The summed E-state index contributed by atoms with van der Waals surface area (Å²) >= 11 is 12.9. The van der Waals surface area contributed by atoms with Crippen LogP contribution in [0, 0.1) is 0 Å². The highest BCUT2D eigenvalue weighted by Gasteiger charge is 2.16. The Balaban J connectivity index is 1.70. The largest absolute Gasteiger partial charge is 0.285 e. The van der Waals surface area contributed by atoms with E-state index in [1.807, 2.05) is 13.8 Å². The Bertz CT molecular complexity index is 1160. The lowest BCUT2D eigenvalue weighted by atomic mass is 10.2. The van der Waals surface area contributed by atoms with Gasteiger partial charge in [0.15, 0.2) is 5.16 Å². The minimum absolute atomic E-state index is 0.0495. The first-order valence-electron chi connectivity index (χ1n) is 8.95. The predicted octanol–water partition coefficient (Wildman–Crippen LogP) is 3.84. The molecule has 0 radical (unpaired) electrons. The van der Waals surface area contributed by atoms with Crippen molar-refractivity contribution in [3.63, 3.8) is 0 Å². The van der Waals surface area contributed by atoms with E-state index in [9.17, 15) is 14.4 Å². The average molecular weight is 465 g/mol. The molecular formula is C20H18Cl2N4O3S. The van der Waals surface area contributed by atoms with Crippen molar-refractivity contribution in [1.82, 2.24) is 20.4 Å². The van der Waals surface area contributed by atoms with Gasteiger partial charge in [0.1, 0.15) is 0 Å². The Hall–Kier alpha value is -2.55. The molecule has 1 aromatic heterocycles. The molecule has 7 nitrogen and oxygen atoms in total. The second kappa shape index (κ2) is 9.51. The number of aromatic nitrogens is 2. The van der Waals surface area contributed by atoms with Crippen molar-refractivity contribution in [2.75, 3.05) is 5.75 Å². The summed E-state index contributed by atoms with van der Waals surface area (Å²) in [5, 5.41) is 1.82. The number of benzene rings is 2. The molecule has 0 saturated carbocycles. The van der Waals surface area contributed by atoms with Crippen LogP contribution in [0.2, 0.25) is 10.0 Å². The number of hydrogen-bond acceptors (Lipinski definition) is 5. The predicted molar refractivity (Wildman–Crippen MR) is 119 cm³/mol. The maximum absolute atomic E-state index is 12.8. The van der Waals surface area contributed by atoms with Crippen molar-refractivity contribution in [2.24, 2.45) is 0 Å². The molecule has 3 aromatic rings. The molecule has 2 amide bonds. The summed E-state index contributed by atoms with van der Waals surface area (Å²) in [6, 6.07) is 11.0. The fourth-order valence-electron chi connectivity index (χ4n) is 2.67. The van der Waals surface area contributed by atoms with E-state index >= 15 is 0 Å². The molecule has 0 atom stereocenters. The van der Waals surface area contributed by atoms with Gasteiger partial charge >= 0.3 is 0 Å². The van der Waals surface area contributed by atoms with Crippen molar-refractivity contribution < 1.29 is 9.59 Å². The SMILES string of the molecule is CC(C)n1c(SCC(=O)NNC(=O)c2ccc(Cl)cc2)nc2cc(Cl)ccc2c1=O. The number of hydrazine groups is 1. The maximum Gasteiger partial charge on any atom is 0.269 e. The lowest BCUT2D eigenvalue weighted by Gasteiger charge is -2.16. The minimum Gasteiger partial charge on any atom is -0.285 e. The Morgan fingerprint density at radius 3 is 2.40 bits per heavy atom. The first-order valence-corrected chi connectivity index (χ1v) is 10.7. The molecule has 0 aliphatic rings. The van der Waals surface area contributed by atoms with E-state index in [4.69, 9.17) is 23.2 Å². The van der Waals surface area contributed by atoms with Crippen LogP contribution in [0.4, 0.5) is 0 Å². The van der Waals surface area contributed by atoms with Crippen LogP contribution in [-0.2, 0) is 4.79 Å². The van der Waals surface area contributed by atoms with Gasteiger partial charge in [-0.3, -0.25) is 29.8 Å². The molecule has 0 unspecified atom stereocenters. The van der Waals surface area contributed by atoms with Crippen molar-refractivity contribution in [2.45, 2.75) is 25.0 Å². The van der Waals surface area contributed by atoms with E-state index in [2.05, 4.69) is 15.8 Å². The lowest BCUT2D eigenvalue weighted by molar-refractivity contribution is -0.119. The Labute approximate surface area is 186 Å². The van der Waals surface area contributed by atoms with Crippen LogP contribution in [0.3, 0.4) is 0 Å². The number of carbonyl (C=O) groups excluding carboxylic acids is 2. The quantitative estimate of drug-likeness (QED) is 0.339. The Kier molecular flexibility index (Phi) is 7.02. The monoisotopic (exact) mass is 464 g/mol. The molecule has 0 bridgehead atoms. The molecule has 2 N–H and O–H groups in total. The highest BCUT2D eigenvalue weighted by Crippen LogP contribution is 2.22. The number of thioether (sulfide) groups is 1.